The second-order valence-corrected chi connectivity index (χ2v) is 11.8. The van der Waals surface area contributed by atoms with Crippen LogP contribution in [0.3, 0.4) is 0 Å². The molecule has 38 heavy (non-hydrogen) atoms. The molecule has 0 bridgehead atoms. The Hall–Kier alpha value is -3.73. The number of nitrogens with one attached hydrogen (secondary N) is 4. The van der Waals surface area contributed by atoms with Gasteiger partial charge in [-0.3, -0.25) is 19.0 Å². The third kappa shape index (κ3) is 4.34. The third-order valence-electron chi connectivity index (χ3n) is 7.95. The van der Waals surface area contributed by atoms with Crippen LogP contribution in [-0.2, 0) is 24.2 Å². The molecule has 196 valence electrons. The molecule has 1 aromatic carbocycles. The molecule has 3 aliphatic carbocycles. The van der Waals surface area contributed by atoms with Gasteiger partial charge >= 0.3 is 0 Å². The van der Waals surface area contributed by atoms with Crippen LogP contribution in [0.1, 0.15) is 74.9 Å². The summed E-state index contributed by atoms with van der Waals surface area (Å²) < 4.78 is 2.03. The average Bonchev–Trinajstić information content (AvgIpc) is 3.83. The zero-order valence-electron chi connectivity index (χ0n) is 20.9. The van der Waals surface area contributed by atoms with Gasteiger partial charge in [0.05, 0.1) is 5.56 Å². The van der Waals surface area contributed by atoms with Gasteiger partial charge in [0, 0.05) is 46.7 Å². The Kier molecular flexibility index (Phi) is 5.68. The number of aryl methyl sites for hydroxylation is 1. The topological polar surface area (TPSA) is 130 Å². The Labute approximate surface area is 223 Å². The molecule has 2 aromatic heterocycles. The van der Waals surface area contributed by atoms with Gasteiger partial charge in [-0.2, -0.15) is 0 Å². The number of nitrogens with zero attached hydrogens (tertiary/aromatic N) is 3. The molecular formula is C27H29N7O3S. The van der Waals surface area contributed by atoms with Crippen LogP contribution in [0.4, 0.5) is 16.6 Å². The molecular weight excluding hydrogens is 502 g/mol. The summed E-state index contributed by atoms with van der Waals surface area (Å²) in [6, 6.07) is 5.66. The monoisotopic (exact) mass is 531 g/mol. The summed E-state index contributed by atoms with van der Waals surface area (Å²) in [5.41, 5.74) is 4.05. The standard InChI is InChI=1S/C27H29N7O3S/c35-23(15-6-7-15)32-26-22(25(37)28-11-14-4-5-14)18-10-16(8-9-21(18)38-26)34-13-30-33-27(34)31-20-3-1-2-17-19(20)12-29-24(17)36/h1-3,13-16H,4-12H2,(H,28,37)(H,29,36)(H,31,33)(H,32,35)/t16-/m0/s1. The quantitative estimate of drug-likeness (QED) is 0.352. The van der Waals surface area contributed by atoms with E-state index in [4.69, 9.17) is 0 Å². The van der Waals surface area contributed by atoms with Gasteiger partial charge in [-0.1, -0.05) is 6.07 Å². The predicted molar refractivity (Wildman–Crippen MR) is 143 cm³/mol. The second kappa shape index (κ2) is 9.23. The van der Waals surface area contributed by atoms with Crippen LogP contribution in [0.25, 0.3) is 0 Å². The number of thiophene rings is 1. The van der Waals surface area contributed by atoms with Crippen molar-refractivity contribution in [2.24, 2.45) is 11.8 Å². The van der Waals surface area contributed by atoms with E-state index in [9.17, 15) is 14.4 Å². The molecule has 1 atom stereocenters. The number of hydrogen-bond donors (Lipinski definition) is 4. The van der Waals surface area contributed by atoms with E-state index in [1.54, 1.807) is 17.7 Å². The zero-order valence-corrected chi connectivity index (χ0v) is 21.7. The van der Waals surface area contributed by atoms with Crippen molar-refractivity contribution < 1.29 is 14.4 Å². The van der Waals surface area contributed by atoms with Crippen LogP contribution in [0, 0.1) is 11.8 Å². The lowest BCUT2D eigenvalue weighted by molar-refractivity contribution is -0.117. The van der Waals surface area contributed by atoms with E-state index in [2.05, 4.69) is 31.5 Å². The molecule has 3 aromatic rings. The number of amides is 3. The van der Waals surface area contributed by atoms with Crippen LogP contribution in [0.2, 0.25) is 0 Å². The van der Waals surface area contributed by atoms with Crippen LogP contribution in [-0.4, -0.2) is 39.0 Å². The molecule has 4 aliphatic rings. The van der Waals surface area contributed by atoms with Crippen molar-refractivity contribution in [1.82, 2.24) is 25.4 Å². The Morgan fingerprint density at radius 1 is 1.13 bits per heavy atom. The Balaban J connectivity index is 1.16. The summed E-state index contributed by atoms with van der Waals surface area (Å²) in [6.07, 6.45) is 8.20. The fraction of sp³-hybridized carbons (Fsp3) is 0.444. The van der Waals surface area contributed by atoms with Crippen molar-refractivity contribution in [3.8, 4) is 0 Å². The molecule has 0 saturated heterocycles. The lowest BCUT2D eigenvalue weighted by atomic mass is 9.91. The Morgan fingerprint density at radius 2 is 2.00 bits per heavy atom. The molecule has 0 spiro atoms. The molecule has 7 rings (SSSR count). The van der Waals surface area contributed by atoms with Gasteiger partial charge in [0.2, 0.25) is 11.9 Å². The first-order valence-electron chi connectivity index (χ1n) is 13.4. The molecule has 0 unspecified atom stereocenters. The minimum absolute atomic E-state index is 0.0186. The zero-order chi connectivity index (χ0) is 25.8. The SMILES string of the molecule is O=C1NCc2c(Nc3nncn3[C@H]3CCc4sc(NC(=O)C5CC5)c(C(=O)NCC5CC5)c4C3)cccc21. The van der Waals surface area contributed by atoms with Crippen molar-refractivity contribution >= 4 is 45.7 Å². The highest BCUT2D eigenvalue weighted by Crippen LogP contribution is 2.43. The van der Waals surface area contributed by atoms with Gasteiger partial charge in [0.15, 0.2) is 0 Å². The van der Waals surface area contributed by atoms with Crippen molar-refractivity contribution in [2.75, 3.05) is 17.2 Å². The number of hydrogen-bond acceptors (Lipinski definition) is 7. The summed E-state index contributed by atoms with van der Waals surface area (Å²) >= 11 is 1.55. The van der Waals surface area contributed by atoms with Gasteiger partial charge in [0.25, 0.3) is 11.8 Å². The number of fused-ring (bicyclic) bond motifs is 2. The maximum absolute atomic E-state index is 13.4. The minimum Gasteiger partial charge on any atom is -0.352 e. The summed E-state index contributed by atoms with van der Waals surface area (Å²) in [6.45, 7) is 1.16. The number of carbonyl (C=O) groups excluding carboxylic acids is 3. The summed E-state index contributed by atoms with van der Waals surface area (Å²) in [4.78, 5) is 39.3. The van der Waals surface area contributed by atoms with E-state index in [1.165, 1.54) is 0 Å². The van der Waals surface area contributed by atoms with E-state index in [1.807, 2.05) is 22.8 Å². The van der Waals surface area contributed by atoms with Gasteiger partial charge in [-0.15, -0.1) is 21.5 Å². The van der Waals surface area contributed by atoms with E-state index in [0.717, 1.165) is 60.2 Å². The lowest BCUT2D eigenvalue weighted by Gasteiger charge is -2.25. The smallest absolute Gasteiger partial charge is 0.254 e. The largest absolute Gasteiger partial charge is 0.352 e. The molecule has 2 saturated carbocycles. The summed E-state index contributed by atoms with van der Waals surface area (Å²) in [7, 11) is 0. The van der Waals surface area contributed by atoms with Crippen LogP contribution < -0.4 is 21.3 Å². The maximum atomic E-state index is 13.4. The van der Waals surface area contributed by atoms with Gasteiger partial charge in [-0.25, -0.2) is 0 Å². The number of anilines is 3. The number of carbonyl (C=O) groups is 3. The first-order chi connectivity index (χ1) is 18.5. The molecule has 0 radical (unpaired) electrons. The highest BCUT2D eigenvalue weighted by Gasteiger charge is 2.35. The molecule has 1 aliphatic heterocycles. The number of benzene rings is 1. The van der Waals surface area contributed by atoms with E-state index in [0.29, 0.717) is 47.5 Å². The first kappa shape index (κ1) is 23.4. The van der Waals surface area contributed by atoms with E-state index >= 15 is 0 Å². The first-order valence-corrected chi connectivity index (χ1v) is 14.2. The fourth-order valence-corrected chi connectivity index (χ4v) is 6.67. The number of rotatable bonds is 8. The van der Waals surface area contributed by atoms with Crippen molar-refractivity contribution in [1.29, 1.82) is 0 Å². The van der Waals surface area contributed by atoms with Crippen LogP contribution in [0.5, 0.6) is 0 Å². The lowest BCUT2D eigenvalue weighted by Crippen LogP contribution is -2.28. The average molecular weight is 532 g/mol. The molecule has 2 fully saturated rings. The van der Waals surface area contributed by atoms with Gasteiger partial charge in [0.1, 0.15) is 11.3 Å². The third-order valence-corrected chi connectivity index (χ3v) is 9.16. The Morgan fingerprint density at radius 3 is 2.82 bits per heavy atom. The molecule has 3 amide bonds. The van der Waals surface area contributed by atoms with Gasteiger partial charge in [-0.05, 0) is 68.6 Å². The highest BCUT2D eigenvalue weighted by molar-refractivity contribution is 7.17. The van der Waals surface area contributed by atoms with Crippen molar-refractivity contribution in [2.45, 2.75) is 57.5 Å². The molecule has 3 heterocycles. The fourth-order valence-electron chi connectivity index (χ4n) is 5.43. The van der Waals surface area contributed by atoms with Crippen molar-refractivity contribution in [3.63, 3.8) is 0 Å². The Bertz CT molecular complexity index is 1450. The summed E-state index contributed by atoms with van der Waals surface area (Å²) in [5, 5.41) is 21.6. The van der Waals surface area contributed by atoms with Crippen LogP contribution >= 0.6 is 11.3 Å². The summed E-state index contributed by atoms with van der Waals surface area (Å²) in [5.74, 6) is 1.09. The molecule has 4 N–H and O–H groups in total. The normalized spacial score (nSPS) is 19.9. The highest BCUT2D eigenvalue weighted by atomic mass is 32.1. The van der Waals surface area contributed by atoms with E-state index in [-0.39, 0.29) is 29.7 Å². The maximum Gasteiger partial charge on any atom is 0.254 e. The molecule has 11 heteroatoms. The predicted octanol–water partition coefficient (Wildman–Crippen LogP) is 3.54. The minimum atomic E-state index is -0.0970. The van der Waals surface area contributed by atoms with Gasteiger partial charge < -0.3 is 21.3 Å². The van der Waals surface area contributed by atoms with E-state index < -0.39 is 0 Å². The second-order valence-electron chi connectivity index (χ2n) is 10.7. The van der Waals surface area contributed by atoms with Crippen LogP contribution in [0.15, 0.2) is 24.5 Å². The molecule has 10 nitrogen and oxygen atoms in total. The van der Waals surface area contributed by atoms with Crippen molar-refractivity contribution in [3.05, 3.63) is 51.7 Å². The number of aromatic nitrogens is 3.